The summed E-state index contributed by atoms with van der Waals surface area (Å²) in [6, 6.07) is 14.7. The lowest BCUT2D eigenvalue weighted by Gasteiger charge is -2.09. The number of aromatic nitrogens is 2. The number of hydrogen-bond donors (Lipinski definition) is 5. The van der Waals surface area contributed by atoms with E-state index in [9.17, 15) is 19.5 Å². The highest BCUT2D eigenvalue weighted by atomic mass is 16.4. The number of hydrogen-bond acceptors (Lipinski definition) is 5. The van der Waals surface area contributed by atoms with Crippen molar-refractivity contribution >= 4 is 23.4 Å². The second-order valence-electron chi connectivity index (χ2n) is 5.44. The topological polar surface area (TPSA) is 144 Å². The SMILES string of the molecule is O=C(Nc1ccccc1)Nc1cccc(-c2nc(C(=O)O)c(O)c(=O)[nH]2)c1. The number of carboxylic acids is 1. The fourth-order valence-electron chi connectivity index (χ4n) is 2.31. The Morgan fingerprint density at radius 3 is 2.33 bits per heavy atom. The van der Waals surface area contributed by atoms with E-state index in [0.29, 0.717) is 16.9 Å². The number of aromatic carboxylic acids is 1. The van der Waals surface area contributed by atoms with E-state index in [2.05, 4.69) is 20.6 Å². The zero-order valence-corrected chi connectivity index (χ0v) is 13.8. The number of urea groups is 1. The van der Waals surface area contributed by atoms with Crippen molar-refractivity contribution in [1.82, 2.24) is 9.97 Å². The highest BCUT2D eigenvalue weighted by molar-refractivity contribution is 6.00. The molecule has 9 nitrogen and oxygen atoms in total. The van der Waals surface area contributed by atoms with E-state index < -0.39 is 29.0 Å². The molecule has 3 aromatic rings. The lowest BCUT2D eigenvalue weighted by atomic mass is 10.2. The van der Waals surface area contributed by atoms with Crippen molar-refractivity contribution in [1.29, 1.82) is 0 Å². The summed E-state index contributed by atoms with van der Waals surface area (Å²) in [4.78, 5) is 40.9. The second kappa shape index (κ2) is 7.40. The Bertz CT molecular complexity index is 1060. The third kappa shape index (κ3) is 4.10. The molecule has 0 spiro atoms. The molecule has 27 heavy (non-hydrogen) atoms. The lowest BCUT2D eigenvalue weighted by Crippen LogP contribution is -2.19. The number of carboxylic acid groups (broad SMARTS) is 1. The molecule has 0 saturated carbocycles. The van der Waals surface area contributed by atoms with Crippen LogP contribution in [0.1, 0.15) is 10.5 Å². The number of H-pyrrole nitrogens is 1. The first-order chi connectivity index (χ1) is 12.9. The Balaban J connectivity index is 1.85. The van der Waals surface area contributed by atoms with Crippen molar-refractivity contribution in [2.45, 2.75) is 0 Å². The number of aromatic amines is 1. The van der Waals surface area contributed by atoms with E-state index in [4.69, 9.17) is 5.11 Å². The minimum Gasteiger partial charge on any atom is -0.501 e. The van der Waals surface area contributed by atoms with Crippen LogP contribution < -0.4 is 16.2 Å². The monoisotopic (exact) mass is 366 g/mol. The van der Waals surface area contributed by atoms with Gasteiger partial charge in [0.25, 0.3) is 5.56 Å². The quantitative estimate of drug-likeness (QED) is 0.480. The molecule has 1 heterocycles. The first-order valence-electron chi connectivity index (χ1n) is 7.74. The van der Waals surface area contributed by atoms with Gasteiger partial charge in [-0.1, -0.05) is 30.3 Å². The highest BCUT2D eigenvalue weighted by Gasteiger charge is 2.17. The predicted octanol–water partition coefficient (Wildman–Crippen LogP) is 2.48. The van der Waals surface area contributed by atoms with Gasteiger partial charge < -0.3 is 25.8 Å². The average Bonchev–Trinajstić information content (AvgIpc) is 2.64. The number of carbonyl (C=O) groups excluding carboxylic acids is 1. The zero-order chi connectivity index (χ0) is 19.4. The summed E-state index contributed by atoms with van der Waals surface area (Å²) in [5.74, 6) is -2.55. The van der Waals surface area contributed by atoms with Gasteiger partial charge in [0, 0.05) is 16.9 Å². The maximum absolute atomic E-state index is 12.1. The van der Waals surface area contributed by atoms with E-state index in [1.807, 2.05) is 6.07 Å². The molecule has 0 aliphatic heterocycles. The zero-order valence-electron chi connectivity index (χ0n) is 13.8. The number of nitrogens with zero attached hydrogens (tertiary/aromatic N) is 1. The minimum atomic E-state index is -1.53. The van der Waals surface area contributed by atoms with E-state index >= 15 is 0 Å². The Morgan fingerprint density at radius 1 is 0.963 bits per heavy atom. The number of nitrogens with one attached hydrogen (secondary N) is 3. The van der Waals surface area contributed by atoms with Crippen LogP contribution in [0.4, 0.5) is 16.2 Å². The van der Waals surface area contributed by atoms with Crippen LogP contribution in [0.25, 0.3) is 11.4 Å². The molecule has 0 unspecified atom stereocenters. The van der Waals surface area contributed by atoms with Crippen LogP contribution in [0.5, 0.6) is 5.75 Å². The second-order valence-corrected chi connectivity index (χ2v) is 5.44. The number of amides is 2. The number of benzene rings is 2. The maximum Gasteiger partial charge on any atom is 0.358 e. The number of anilines is 2. The molecule has 2 amide bonds. The van der Waals surface area contributed by atoms with E-state index in [0.717, 1.165) is 0 Å². The molecule has 0 fully saturated rings. The highest BCUT2D eigenvalue weighted by Crippen LogP contribution is 2.21. The van der Waals surface area contributed by atoms with E-state index in [1.165, 1.54) is 6.07 Å². The summed E-state index contributed by atoms with van der Waals surface area (Å²) in [7, 11) is 0. The van der Waals surface area contributed by atoms with Crippen LogP contribution in [0.3, 0.4) is 0 Å². The van der Waals surface area contributed by atoms with Gasteiger partial charge in [-0.05, 0) is 24.3 Å². The summed E-state index contributed by atoms with van der Waals surface area (Å²) in [5.41, 5.74) is -0.367. The van der Waals surface area contributed by atoms with Crippen LogP contribution in [0.2, 0.25) is 0 Å². The van der Waals surface area contributed by atoms with Crippen molar-refractivity contribution in [3.8, 4) is 17.1 Å². The van der Waals surface area contributed by atoms with Crippen molar-refractivity contribution in [3.05, 3.63) is 70.6 Å². The third-order valence-corrected chi connectivity index (χ3v) is 3.52. The summed E-state index contributed by atoms with van der Waals surface area (Å²) in [5, 5.41) is 23.8. The van der Waals surface area contributed by atoms with Crippen LogP contribution in [0, 0.1) is 0 Å². The Kier molecular flexibility index (Phi) is 4.84. The fraction of sp³-hybridized carbons (Fsp3) is 0. The molecule has 5 N–H and O–H groups in total. The van der Waals surface area contributed by atoms with Crippen LogP contribution in [-0.4, -0.2) is 32.2 Å². The van der Waals surface area contributed by atoms with Crippen molar-refractivity contribution in [2.24, 2.45) is 0 Å². The third-order valence-electron chi connectivity index (χ3n) is 3.52. The summed E-state index contributed by atoms with van der Waals surface area (Å²) >= 11 is 0. The molecule has 2 aromatic carbocycles. The molecule has 0 aliphatic carbocycles. The molecule has 136 valence electrons. The van der Waals surface area contributed by atoms with Gasteiger partial charge in [0.1, 0.15) is 5.82 Å². The molecular formula is C18H14N4O5. The first kappa shape index (κ1) is 17.7. The Morgan fingerprint density at radius 2 is 1.63 bits per heavy atom. The molecular weight excluding hydrogens is 352 g/mol. The van der Waals surface area contributed by atoms with Crippen LogP contribution in [0.15, 0.2) is 59.4 Å². The summed E-state index contributed by atoms with van der Waals surface area (Å²) < 4.78 is 0. The standard InChI is InChI=1S/C18H14N4O5/c23-14-13(17(25)26)21-15(22-16(14)24)10-5-4-8-12(9-10)20-18(27)19-11-6-2-1-3-7-11/h1-9,23H,(H,25,26)(H2,19,20,27)(H,21,22,24). The molecule has 0 radical (unpaired) electrons. The van der Waals surface area contributed by atoms with E-state index in [1.54, 1.807) is 42.5 Å². The molecule has 0 bridgehead atoms. The van der Waals surface area contributed by atoms with Crippen LogP contribution in [-0.2, 0) is 0 Å². The number of rotatable bonds is 4. The maximum atomic E-state index is 12.1. The average molecular weight is 366 g/mol. The Hall–Kier alpha value is -4.14. The van der Waals surface area contributed by atoms with Gasteiger partial charge in [0.05, 0.1) is 0 Å². The molecule has 0 saturated heterocycles. The van der Waals surface area contributed by atoms with E-state index in [-0.39, 0.29) is 5.82 Å². The molecule has 1 aromatic heterocycles. The van der Waals surface area contributed by atoms with Gasteiger partial charge in [-0.15, -0.1) is 0 Å². The molecule has 3 rings (SSSR count). The number of para-hydroxylation sites is 1. The predicted molar refractivity (Wildman–Crippen MR) is 98.0 cm³/mol. The fourth-order valence-corrected chi connectivity index (χ4v) is 2.31. The molecule has 0 atom stereocenters. The normalized spacial score (nSPS) is 10.2. The van der Waals surface area contributed by atoms with Gasteiger partial charge in [0.2, 0.25) is 5.75 Å². The van der Waals surface area contributed by atoms with Crippen molar-refractivity contribution < 1.29 is 19.8 Å². The smallest absolute Gasteiger partial charge is 0.358 e. The van der Waals surface area contributed by atoms with Crippen molar-refractivity contribution in [3.63, 3.8) is 0 Å². The largest absolute Gasteiger partial charge is 0.501 e. The number of carbonyl (C=O) groups is 2. The summed E-state index contributed by atoms with van der Waals surface area (Å²) in [6.45, 7) is 0. The minimum absolute atomic E-state index is 0.0534. The van der Waals surface area contributed by atoms with Gasteiger partial charge in [-0.2, -0.15) is 0 Å². The molecule has 9 heteroatoms. The molecule has 0 aliphatic rings. The lowest BCUT2D eigenvalue weighted by molar-refractivity contribution is 0.0686. The van der Waals surface area contributed by atoms with Gasteiger partial charge in [0.15, 0.2) is 5.69 Å². The van der Waals surface area contributed by atoms with Gasteiger partial charge >= 0.3 is 12.0 Å². The first-order valence-corrected chi connectivity index (χ1v) is 7.74. The van der Waals surface area contributed by atoms with Gasteiger partial charge in [-0.3, -0.25) is 4.79 Å². The number of aromatic hydroxyl groups is 1. The van der Waals surface area contributed by atoms with Crippen molar-refractivity contribution in [2.75, 3.05) is 10.6 Å². The van der Waals surface area contributed by atoms with Gasteiger partial charge in [-0.25, -0.2) is 14.6 Å². The Labute approximate surface area is 152 Å². The summed E-state index contributed by atoms with van der Waals surface area (Å²) in [6.07, 6.45) is 0. The van der Waals surface area contributed by atoms with Crippen LogP contribution >= 0.6 is 0 Å².